The number of aromatic amines is 1. The van der Waals surface area contributed by atoms with Crippen molar-refractivity contribution < 1.29 is 8.42 Å². The Morgan fingerprint density at radius 1 is 0.935 bits per heavy atom. The number of nitrogens with one attached hydrogen (secondary N) is 2. The zero-order valence-electron chi connectivity index (χ0n) is 16.3. The van der Waals surface area contributed by atoms with Gasteiger partial charge in [0.2, 0.25) is 0 Å². The Labute approximate surface area is 178 Å². The van der Waals surface area contributed by atoms with E-state index in [1.807, 2.05) is 30.3 Å². The first-order chi connectivity index (χ1) is 15.0. The van der Waals surface area contributed by atoms with Crippen molar-refractivity contribution in [2.75, 3.05) is 5.32 Å². The Bertz CT molecular complexity index is 1540. The number of H-pyrrole nitrogens is 1. The number of hydrogen-bond donors (Lipinski definition) is 2. The normalized spacial score (nSPS) is 11.6. The average molecular weight is 427 g/mol. The molecular formula is C23H17N5O2S. The maximum absolute atomic E-state index is 11.9. The van der Waals surface area contributed by atoms with Crippen LogP contribution >= 0.6 is 0 Å². The summed E-state index contributed by atoms with van der Waals surface area (Å²) in [6.45, 7) is 3.35. The zero-order valence-corrected chi connectivity index (χ0v) is 17.1. The fourth-order valence-electron chi connectivity index (χ4n) is 3.42. The third-order valence-electron chi connectivity index (χ3n) is 5.04. The number of aromatic nitrogens is 4. The summed E-state index contributed by atoms with van der Waals surface area (Å²) in [7, 11) is -3.46. The number of anilines is 2. The predicted molar refractivity (Wildman–Crippen MR) is 122 cm³/mol. The van der Waals surface area contributed by atoms with E-state index in [4.69, 9.17) is 0 Å². The number of pyridine rings is 2. The molecule has 0 saturated carbocycles. The fourth-order valence-corrected chi connectivity index (χ4v) is 4.13. The number of fused-ring (bicyclic) bond motifs is 2. The van der Waals surface area contributed by atoms with Crippen LogP contribution in [-0.2, 0) is 9.84 Å². The number of benzene rings is 2. The molecule has 5 aromatic rings. The van der Waals surface area contributed by atoms with Crippen LogP contribution in [0.2, 0.25) is 0 Å². The molecule has 0 spiro atoms. The van der Waals surface area contributed by atoms with Gasteiger partial charge in [0.15, 0.2) is 9.84 Å². The highest BCUT2D eigenvalue weighted by atomic mass is 32.2. The maximum atomic E-state index is 11.9. The molecule has 0 fully saturated rings. The number of rotatable bonds is 5. The Morgan fingerprint density at radius 3 is 2.58 bits per heavy atom. The first-order valence-electron chi connectivity index (χ1n) is 9.46. The van der Waals surface area contributed by atoms with Crippen molar-refractivity contribution >= 4 is 43.0 Å². The highest BCUT2D eigenvalue weighted by molar-refractivity contribution is 7.94. The molecule has 0 atom stereocenters. The molecule has 0 saturated heterocycles. The van der Waals surface area contributed by atoms with E-state index in [2.05, 4.69) is 32.1 Å². The van der Waals surface area contributed by atoms with Crippen molar-refractivity contribution in [2.24, 2.45) is 0 Å². The smallest absolute Gasteiger partial charge is 0.199 e. The van der Waals surface area contributed by atoms with Crippen LogP contribution in [0.15, 0.2) is 90.1 Å². The van der Waals surface area contributed by atoms with E-state index >= 15 is 0 Å². The van der Waals surface area contributed by atoms with Gasteiger partial charge in [-0.15, -0.1) is 0 Å². The van der Waals surface area contributed by atoms with Crippen molar-refractivity contribution in [3.8, 4) is 11.3 Å². The molecule has 0 radical (unpaired) electrons. The highest BCUT2D eigenvalue weighted by Crippen LogP contribution is 2.30. The Balaban J connectivity index is 1.52. The van der Waals surface area contributed by atoms with Gasteiger partial charge < -0.3 is 5.32 Å². The van der Waals surface area contributed by atoms with Gasteiger partial charge in [-0.1, -0.05) is 18.7 Å². The quantitative estimate of drug-likeness (QED) is 0.416. The first-order valence-corrected chi connectivity index (χ1v) is 11.0. The van der Waals surface area contributed by atoms with Crippen molar-refractivity contribution in [3.05, 3.63) is 85.2 Å². The van der Waals surface area contributed by atoms with Gasteiger partial charge >= 0.3 is 0 Å². The largest absolute Gasteiger partial charge is 0.340 e. The standard InChI is InChI=1S/C23H17N5O2S/c1-2-31(29,30)19-7-5-18(6-8-19)27-22-12-20-16(13-25-22)9-10-24-23(20)15-3-4-17-14-26-28-21(17)11-15/h2-14H,1H2,(H,25,27)(H,26,28). The van der Waals surface area contributed by atoms with Gasteiger partial charge in [-0.05, 0) is 42.5 Å². The van der Waals surface area contributed by atoms with Gasteiger partial charge in [-0.3, -0.25) is 10.1 Å². The summed E-state index contributed by atoms with van der Waals surface area (Å²) in [6, 6.07) is 16.4. The molecule has 0 aliphatic carbocycles. The molecule has 0 unspecified atom stereocenters. The SMILES string of the molecule is C=CS(=O)(=O)c1ccc(Nc2cc3c(-c4ccc5cn[nH]c5c4)nccc3cn2)cc1. The van der Waals surface area contributed by atoms with Gasteiger partial charge in [0.25, 0.3) is 0 Å². The van der Waals surface area contributed by atoms with Crippen LogP contribution in [0.25, 0.3) is 32.9 Å². The summed E-state index contributed by atoms with van der Waals surface area (Å²) >= 11 is 0. The number of hydrogen-bond acceptors (Lipinski definition) is 6. The minimum atomic E-state index is -3.46. The molecular weight excluding hydrogens is 410 g/mol. The first kappa shape index (κ1) is 19.0. The van der Waals surface area contributed by atoms with Crippen LogP contribution in [0.4, 0.5) is 11.5 Å². The minimum Gasteiger partial charge on any atom is -0.340 e. The highest BCUT2D eigenvalue weighted by Gasteiger charge is 2.11. The molecule has 0 amide bonds. The van der Waals surface area contributed by atoms with Gasteiger partial charge in [0, 0.05) is 45.2 Å². The van der Waals surface area contributed by atoms with Crippen molar-refractivity contribution in [3.63, 3.8) is 0 Å². The zero-order chi connectivity index (χ0) is 21.4. The van der Waals surface area contributed by atoms with E-state index in [1.54, 1.807) is 30.7 Å². The molecule has 0 aliphatic rings. The van der Waals surface area contributed by atoms with Crippen LogP contribution in [0.5, 0.6) is 0 Å². The third-order valence-corrected chi connectivity index (χ3v) is 6.41. The summed E-state index contributed by atoms with van der Waals surface area (Å²) in [4.78, 5) is 9.27. The van der Waals surface area contributed by atoms with E-state index in [0.29, 0.717) is 5.82 Å². The Hall–Kier alpha value is -4.04. The minimum absolute atomic E-state index is 0.195. The Morgan fingerprint density at radius 2 is 1.77 bits per heavy atom. The van der Waals surface area contributed by atoms with E-state index in [9.17, 15) is 8.42 Å². The van der Waals surface area contributed by atoms with Gasteiger partial charge in [0.05, 0.1) is 22.3 Å². The molecule has 7 nitrogen and oxygen atoms in total. The number of sulfone groups is 1. The van der Waals surface area contributed by atoms with E-state index in [0.717, 1.165) is 44.0 Å². The lowest BCUT2D eigenvalue weighted by Gasteiger charge is -2.10. The summed E-state index contributed by atoms with van der Waals surface area (Å²) in [6.07, 6.45) is 5.34. The van der Waals surface area contributed by atoms with Crippen molar-refractivity contribution in [2.45, 2.75) is 4.90 Å². The summed E-state index contributed by atoms with van der Waals surface area (Å²) in [5.74, 6) is 0.628. The molecule has 31 heavy (non-hydrogen) atoms. The monoisotopic (exact) mass is 427 g/mol. The summed E-state index contributed by atoms with van der Waals surface area (Å²) in [5, 5.41) is 14.2. The molecule has 3 aromatic heterocycles. The molecule has 2 aromatic carbocycles. The lowest BCUT2D eigenvalue weighted by molar-refractivity contribution is 0.605. The molecule has 0 bridgehead atoms. The van der Waals surface area contributed by atoms with Crippen molar-refractivity contribution in [1.82, 2.24) is 20.2 Å². The van der Waals surface area contributed by atoms with Gasteiger partial charge in [-0.2, -0.15) is 5.10 Å². The van der Waals surface area contributed by atoms with Crippen LogP contribution in [0.3, 0.4) is 0 Å². The number of nitrogens with zero attached hydrogens (tertiary/aromatic N) is 3. The molecule has 8 heteroatoms. The Kier molecular flexibility index (Phi) is 4.48. The molecule has 3 heterocycles. The van der Waals surface area contributed by atoms with E-state index < -0.39 is 9.84 Å². The lowest BCUT2D eigenvalue weighted by Crippen LogP contribution is -1.97. The molecule has 0 aliphatic heterocycles. The second-order valence-electron chi connectivity index (χ2n) is 6.98. The van der Waals surface area contributed by atoms with Crippen LogP contribution < -0.4 is 5.32 Å². The van der Waals surface area contributed by atoms with Crippen LogP contribution in [0.1, 0.15) is 0 Å². The lowest BCUT2D eigenvalue weighted by atomic mass is 10.0. The topological polar surface area (TPSA) is 101 Å². The van der Waals surface area contributed by atoms with E-state index in [-0.39, 0.29) is 4.90 Å². The van der Waals surface area contributed by atoms with Crippen molar-refractivity contribution in [1.29, 1.82) is 0 Å². The fraction of sp³-hybridized carbons (Fsp3) is 0. The molecule has 2 N–H and O–H groups in total. The predicted octanol–water partition coefficient (Wildman–Crippen LogP) is 4.83. The summed E-state index contributed by atoms with van der Waals surface area (Å²) in [5.41, 5.74) is 3.47. The van der Waals surface area contributed by atoms with Gasteiger partial charge in [0.1, 0.15) is 5.82 Å². The van der Waals surface area contributed by atoms with Gasteiger partial charge in [-0.25, -0.2) is 13.4 Å². The van der Waals surface area contributed by atoms with Crippen LogP contribution in [0, 0.1) is 0 Å². The third kappa shape index (κ3) is 3.53. The second-order valence-corrected chi connectivity index (χ2v) is 8.88. The van der Waals surface area contributed by atoms with Crippen LogP contribution in [-0.4, -0.2) is 28.6 Å². The molecule has 152 valence electrons. The molecule has 5 rings (SSSR count). The average Bonchev–Trinajstić information content (AvgIpc) is 3.27. The second kappa shape index (κ2) is 7.33. The summed E-state index contributed by atoms with van der Waals surface area (Å²) < 4.78 is 23.8. The van der Waals surface area contributed by atoms with E-state index in [1.165, 1.54) is 12.1 Å². The maximum Gasteiger partial charge on any atom is 0.199 e.